The summed E-state index contributed by atoms with van der Waals surface area (Å²) in [6, 6.07) is 11.0. The van der Waals surface area contributed by atoms with Gasteiger partial charge in [-0.1, -0.05) is 36.4 Å². The van der Waals surface area contributed by atoms with Crippen LogP contribution in [0.1, 0.15) is 27.2 Å². The summed E-state index contributed by atoms with van der Waals surface area (Å²) >= 11 is 3.34. The van der Waals surface area contributed by atoms with E-state index in [9.17, 15) is 24.3 Å². The molecule has 0 aliphatic heterocycles. The fraction of sp³-hybridized carbons (Fsp3) is 0.250. The summed E-state index contributed by atoms with van der Waals surface area (Å²) in [5.74, 6) is -1.63. The molecule has 0 saturated heterocycles. The maximum atomic E-state index is 12.7. The van der Waals surface area contributed by atoms with Crippen molar-refractivity contribution in [1.29, 1.82) is 0 Å². The number of carbonyl (C=O) groups is 2. The monoisotopic (exact) mass is 513 g/mol. The number of amides is 1. The third kappa shape index (κ3) is 4.83. The minimum atomic E-state index is -1.15. The number of carboxylic acid groups (broad SMARTS) is 1. The molecule has 9 heteroatoms. The third-order valence-corrected chi connectivity index (χ3v) is 6.35. The van der Waals surface area contributed by atoms with E-state index in [0.717, 1.165) is 10.1 Å². The largest absolute Gasteiger partial charge is 0.480 e. The van der Waals surface area contributed by atoms with Gasteiger partial charge in [0, 0.05) is 30.7 Å². The van der Waals surface area contributed by atoms with Crippen LogP contribution in [-0.2, 0) is 25.3 Å². The molecule has 2 N–H and O–H groups in total. The van der Waals surface area contributed by atoms with Crippen molar-refractivity contribution in [3.63, 3.8) is 0 Å². The van der Waals surface area contributed by atoms with Crippen LogP contribution >= 0.6 is 15.9 Å². The minimum Gasteiger partial charge on any atom is -0.480 e. The van der Waals surface area contributed by atoms with Crippen molar-refractivity contribution in [1.82, 2.24) is 14.5 Å². The van der Waals surface area contributed by atoms with E-state index in [0.29, 0.717) is 32.4 Å². The highest BCUT2D eigenvalue weighted by Crippen LogP contribution is 2.21. The second-order valence-electron chi connectivity index (χ2n) is 7.86. The zero-order valence-electron chi connectivity index (χ0n) is 18.7. The molecular formula is C24H24BrN3O5. The Morgan fingerprint density at radius 2 is 1.67 bits per heavy atom. The average Bonchev–Trinajstić information content (AvgIpc) is 2.77. The van der Waals surface area contributed by atoms with Crippen LogP contribution in [0.25, 0.3) is 11.1 Å². The number of hydrogen-bond acceptors (Lipinski definition) is 4. The summed E-state index contributed by atoms with van der Waals surface area (Å²) in [6.45, 7) is 3.48. The van der Waals surface area contributed by atoms with Crippen LogP contribution in [0, 0.1) is 13.8 Å². The van der Waals surface area contributed by atoms with Gasteiger partial charge in [-0.05, 0) is 52.5 Å². The topological polar surface area (TPSA) is 110 Å². The van der Waals surface area contributed by atoms with Crippen molar-refractivity contribution >= 4 is 27.8 Å². The lowest BCUT2D eigenvalue weighted by atomic mass is 10.00. The predicted molar refractivity (Wildman–Crippen MR) is 129 cm³/mol. The van der Waals surface area contributed by atoms with Gasteiger partial charge in [-0.15, -0.1) is 0 Å². The van der Waals surface area contributed by atoms with Gasteiger partial charge in [0.1, 0.15) is 6.04 Å². The second-order valence-corrected chi connectivity index (χ2v) is 8.72. The van der Waals surface area contributed by atoms with Crippen LogP contribution in [0.5, 0.6) is 0 Å². The molecule has 3 aromatic rings. The van der Waals surface area contributed by atoms with Crippen LogP contribution in [0.3, 0.4) is 0 Å². The Morgan fingerprint density at radius 1 is 1.03 bits per heavy atom. The normalized spacial score (nSPS) is 11.8. The lowest BCUT2D eigenvalue weighted by Crippen LogP contribution is -2.42. The first kappa shape index (κ1) is 24.2. The molecule has 0 aliphatic rings. The van der Waals surface area contributed by atoms with E-state index in [2.05, 4.69) is 21.2 Å². The van der Waals surface area contributed by atoms with E-state index in [1.807, 2.05) is 0 Å². The molecule has 0 bridgehead atoms. The van der Waals surface area contributed by atoms with Crippen LogP contribution in [-0.4, -0.2) is 32.2 Å². The Morgan fingerprint density at radius 3 is 2.24 bits per heavy atom. The van der Waals surface area contributed by atoms with Crippen molar-refractivity contribution in [2.45, 2.75) is 26.3 Å². The van der Waals surface area contributed by atoms with E-state index in [-0.39, 0.29) is 6.42 Å². The van der Waals surface area contributed by atoms with Gasteiger partial charge in [-0.3, -0.25) is 14.2 Å². The molecule has 8 nitrogen and oxygen atoms in total. The van der Waals surface area contributed by atoms with E-state index >= 15 is 0 Å². The molecule has 1 heterocycles. The first-order valence-electron chi connectivity index (χ1n) is 10.2. The lowest BCUT2D eigenvalue weighted by Gasteiger charge is -2.17. The zero-order chi connectivity index (χ0) is 24.4. The SMILES string of the molecule is Cc1cccc(Br)c1C(=O)NC(Cc1ccc(-c2c(C)n(C)c(=O)n(C)c2=O)cc1)C(=O)O. The number of aryl methyl sites for hydroxylation is 1. The van der Waals surface area contributed by atoms with Crippen LogP contribution < -0.4 is 16.6 Å². The summed E-state index contributed by atoms with van der Waals surface area (Å²) in [7, 11) is 3.02. The van der Waals surface area contributed by atoms with Gasteiger partial charge < -0.3 is 15.0 Å². The number of benzene rings is 2. The number of carbonyl (C=O) groups excluding carboxylic acids is 1. The number of aliphatic carboxylic acids is 1. The molecule has 0 fully saturated rings. The highest BCUT2D eigenvalue weighted by molar-refractivity contribution is 9.10. The summed E-state index contributed by atoms with van der Waals surface area (Å²) < 4.78 is 3.04. The van der Waals surface area contributed by atoms with Crippen LogP contribution in [0.15, 0.2) is 56.5 Å². The Bertz CT molecular complexity index is 1340. The molecule has 0 radical (unpaired) electrons. The molecule has 0 saturated carbocycles. The van der Waals surface area contributed by atoms with Gasteiger partial charge in [-0.25, -0.2) is 9.59 Å². The van der Waals surface area contributed by atoms with Crippen molar-refractivity contribution in [2.75, 3.05) is 0 Å². The Balaban J connectivity index is 1.87. The van der Waals surface area contributed by atoms with Gasteiger partial charge in [0.2, 0.25) is 0 Å². The number of rotatable bonds is 6. The molecule has 0 spiro atoms. The van der Waals surface area contributed by atoms with Crippen LogP contribution in [0.4, 0.5) is 0 Å². The summed E-state index contributed by atoms with van der Waals surface area (Å²) in [5.41, 5.74) is 2.54. The van der Waals surface area contributed by atoms with Crippen molar-refractivity contribution in [3.05, 3.63) is 90.2 Å². The number of hydrogen-bond donors (Lipinski definition) is 2. The van der Waals surface area contributed by atoms with Crippen LogP contribution in [0.2, 0.25) is 0 Å². The number of carboxylic acids is 1. The van der Waals surface area contributed by atoms with E-state index in [1.54, 1.807) is 63.4 Å². The quantitative estimate of drug-likeness (QED) is 0.526. The first-order chi connectivity index (χ1) is 15.5. The number of halogens is 1. The fourth-order valence-corrected chi connectivity index (χ4v) is 4.32. The maximum absolute atomic E-state index is 12.7. The van der Waals surface area contributed by atoms with Crippen molar-refractivity contribution < 1.29 is 14.7 Å². The molecule has 33 heavy (non-hydrogen) atoms. The molecule has 3 rings (SSSR count). The van der Waals surface area contributed by atoms with Gasteiger partial charge in [0.15, 0.2) is 0 Å². The molecule has 1 atom stereocenters. The third-order valence-electron chi connectivity index (χ3n) is 5.69. The number of aromatic nitrogens is 2. The first-order valence-corrected chi connectivity index (χ1v) is 11.0. The highest BCUT2D eigenvalue weighted by Gasteiger charge is 2.23. The average molecular weight is 514 g/mol. The molecule has 172 valence electrons. The standard InChI is InChI=1S/C24H24BrN3O5/c1-13-6-5-7-17(25)19(13)21(29)26-18(23(31)32)12-15-8-10-16(11-9-15)20-14(2)27(3)24(33)28(4)22(20)30/h5-11,18H,12H2,1-4H3,(H,26,29)(H,31,32). The Kier molecular flexibility index (Phi) is 7.02. The van der Waals surface area contributed by atoms with Gasteiger partial charge in [-0.2, -0.15) is 0 Å². The summed E-state index contributed by atoms with van der Waals surface area (Å²) in [6.07, 6.45) is 0.0646. The Hall–Kier alpha value is -3.46. The second kappa shape index (κ2) is 9.58. The zero-order valence-corrected chi connectivity index (χ0v) is 20.3. The van der Waals surface area contributed by atoms with Gasteiger partial charge >= 0.3 is 11.7 Å². The summed E-state index contributed by atoms with van der Waals surface area (Å²) in [5, 5.41) is 12.2. The fourth-order valence-electron chi connectivity index (χ4n) is 3.67. The molecule has 0 aliphatic carbocycles. The molecular weight excluding hydrogens is 490 g/mol. The highest BCUT2D eigenvalue weighted by atomic mass is 79.9. The van der Waals surface area contributed by atoms with E-state index < -0.39 is 29.2 Å². The molecule has 2 aromatic carbocycles. The molecule has 1 aromatic heterocycles. The predicted octanol–water partition coefficient (Wildman–Crippen LogP) is 2.56. The van der Waals surface area contributed by atoms with Gasteiger partial charge in [0.25, 0.3) is 11.5 Å². The van der Waals surface area contributed by atoms with E-state index in [4.69, 9.17) is 0 Å². The summed E-state index contributed by atoms with van der Waals surface area (Å²) in [4.78, 5) is 49.3. The number of nitrogens with zero attached hydrogens (tertiary/aromatic N) is 2. The maximum Gasteiger partial charge on any atom is 0.330 e. The molecule has 1 amide bonds. The van der Waals surface area contributed by atoms with E-state index in [1.165, 1.54) is 11.6 Å². The van der Waals surface area contributed by atoms with Gasteiger partial charge in [0.05, 0.1) is 11.1 Å². The van der Waals surface area contributed by atoms with Crippen molar-refractivity contribution in [2.24, 2.45) is 14.1 Å². The lowest BCUT2D eigenvalue weighted by molar-refractivity contribution is -0.139. The minimum absolute atomic E-state index is 0.0646. The van der Waals surface area contributed by atoms with Crippen molar-refractivity contribution in [3.8, 4) is 11.1 Å². The number of nitrogens with one attached hydrogen (secondary N) is 1. The molecule has 1 unspecified atom stereocenters. The smallest absolute Gasteiger partial charge is 0.330 e. The Labute approximate surface area is 198 Å².